The Balaban J connectivity index is 2.25. The maximum absolute atomic E-state index is 12.6. The number of carbonyl (C=O) groups excluding carboxylic acids is 1. The average Bonchev–Trinajstić information content (AvgIpc) is 2.99. The zero-order valence-electron chi connectivity index (χ0n) is 15.2. The Bertz CT molecular complexity index is 1140. The van der Waals surface area contributed by atoms with Crippen LogP contribution in [0.2, 0.25) is 0 Å². The first-order valence-corrected chi connectivity index (χ1v) is 9.31. The van der Waals surface area contributed by atoms with Crippen LogP contribution in [-0.2, 0) is 4.79 Å². The molecule has 2 aromatic carbocycles. The number of nitrogens with zero attached hydrogens (tertiary/aromatic N) is 3. The molecular formula is C19H17N3O5S. The number of aromatic nitrogens is 1. The van der Waals surface area contributed by atoms with E-state index in [-0.39, 0.29) is 16.9 Å². The number of carboxylic acids is 1. The molecule has 1 amide bonds. The largest absolute Gasteiger partial charge is 0.480 e. The molecule has 0 bridgehead atoms. The number of non-ortho nitro benzene ring substituents is 1. The van der Waals surface area contributed by atoms with E-state index in [0.29, 0.717) is 15.8 Å². The van der Waals surface area contributed by atoms with Crippen molar-refractivity contribution in [2.75, 3.05) is 0 Å². The highest BCUT2D eigenvalue weighted by Crippen LogP contribution is 2.26. The molecule has 0 saturated heterocycles. The molecule has 0 saturated carbocycles. The SMILES string of the molecule is CCC(C(=O)O)n1/c(=N/C(=O)c2ccc(C)cc2)sc2ccc([N+](=O)[O-])cc21. The van der Waals surface area contributed by atoms with Crippen LogP contribution >= 0.6 is 11.3 Å². The van der Waals surface area contributed by atoms with Gasteiger partial charge in [-0.3, -0.25) is 14.9 Å². The number of nitro groups is 1. The van der Waals surface area contributed by atoms with Gasteiger partial charge in [-0.1, -0.05) is 36.0 Å². The molecule has 1 heterocycles. The summed E-state index contributed by atoms with van der Waals surface area (Å²) in [6.07, 6.45) is 0.232. The molecule has 1 unspecified atom stereocenters. The van der Waals surface area contributed by atoms with Crippen molar-refractivity contribution in [2.24, 2.45) is 4.99 Å². The molecule has 1 N–H and O–H groups in total. The summed E-state index contributed by atoms with van der Waals surface area (Å²) in [5.74, 6) is -1.60. The Kier molecular flexibility index (Phi) is 5.36. The molecule has 0 aliphatic heterocycles. The summed E-state index contributed by atoms with van der Waals surface area (Å²) >= 11 is 1.12. The monoisotopic (exact) mass is 399 g/mol. The Labute approximate surface area is 163 Å². The molecule has 3 rings (SSSR count). The van der Waals surface area contributed by atoms with E-state index in [9.17, 15) is 24.8 Å². The van der Waals surface area contributed by atoms with Crippen molar-refractivity contribution >= 4 is 39.1 Å². The number of fused-ring (bicyclic) bond motifs is 1. The number of nitro benzene ring substituents is 1. The first-order chi connectivity index (χ1) is 13.3. The average molecular weight is 399 g/mol. The van der Waals surface area contributed by atoms with Crippen molar-refractivity contribution in [1.29, 1.82) is 0 Å². The summed E-state index contributed by atoms with van der Waals surface area (Å²) in [6.45, 7) is 3.59. The molecule has 9 heteroatoms. The molecule has 1 atom stereocenters. The quantitative estimate of drug-likeness (QED) is 0.519. The van der Waals surface area contributed by atoms with Crippen LogP contribution in [0, 0.1) is 17.0 Å². The summed E-state index contributed by atoms with van der Waals surface area (Å²) in [5.41, 5.74) is 1.58. The number of hydrogen-bond donors (Lipinski definition) is 1. The fourth-order valence-corrected chi connectivity index (χ4v) is 3.88. The van der Waals surface area contributed by atoms with Crippen LogP contribution in [0.15, 0.2) is 47.5 Å². The van der Waals surface area contributed by atoms with Crippen LogP contribution in [0.25, 0.3) is 10.2 Å². The summed E-state index contributed by atoms with van der Waals surface area (Å²) in [6, 6.07) is 10.1. The van der Waals surface area contributed by atoms with E-state index in [0.717, 1.165) is 16.9 Å². The fourth-order valence-electron chi connectivity index (χ4n) is 2.84. The van der Waals surface area contributed by atoms with Gasteiger partial charge >= 0.3 is 5.97 Å². The molecule has 0 fully saturated rings. The Morgan fingerprint density at radius 2 is 1.93 bits per heavy atom. The second-order valence-corrected chi connectivity index (χ2v) is 7.22. The lowest BCUT2D eigenvalue weighted by atomic mass is 10.1. The van der Waals surface area contributed by atoms with E-state index >= 15 is 0 Å². The molecule has 0 radical (unpaired) electrons. The number of benzene rings is 2. The van der Waals surface area contributed by atoms with E-state index in [2.05, 4.69) is 4.99 Å². The lowest BCUT2D eigenvalue weighted by molar-refractivity contribution is -0.384. The highest BCUT2D eigenvalue weighted by molar-refractivity contribution is 7.16. The van der Waals surface area contributed by atoms with Crippen LogP contribution in [0.1, 0.15) is 35.3 Å². The molecule has 1 aromatic heterocycles. The zero-order chi connectivity index (χ0) is 20.4. The highest BCUT2D eigenvalue weighted by Gasteiger charge is 2.23. The first kappa shape index (κ1) is 19.4. The van der Waals surface area contributed by atoms with Crippen molar-refractivity contribution < 1.29 is 19.6 Å². The molecule has 0 aliphatic rings. The van der Waals surface area contributed by atoms with Crippen molar-refractivity contribution in [1.82, 2.24) is 4.57 Å². The van der Waals surface area contributed by atoms with Gasteiger partial charge in [0.2, 0.25) is 0 Å². The van der Waals surface area contributed by atoms with E-state index < -0.39 is 22.8 Å². The van der Waals surface area contributed by atoms with Crippen LogP contribution in [0.4, 0.5) is 5.69 Å². The number of amides is 1. The fraction of sp³-hybridized carbons (Fsp3) is 0.211. The lowest BCUT2D eigenvalue weighted by Gasteiger charge is -2.13. The van der Waals surface area contributed by atoms with Crippen molar-refractivity contribution in [2.45, 2.75) is 26.3 Å². The number of thiazole rings is 1. The summed E-state index contributed by atoms with van der Waals surface area (Å²) < 4.78 is 2.00. The highest BCUT2D eigenvalue weighted by atomic mass is 32.1. The predicted octanol–water partition coefficient (Wildman–Crippen LogP) is 3.70. The number of aliphatic carboxylic acids is 1. The number of carboxylic acid groups (broad SMARTS) is 1. The molecule has 0 spiro atoms. The standard InChI is InChI=1S/C19H17N3O5S/c1-3-14(18(24)25)21-15-10-13(22(26)27)8-9-16(15)28-19(21)20-17(23)12-6-4-11(2)5-7-12/h4-10,14H,3H2,1-2H3,(H,24,25)/b20-19-. The maximum atomic E-state index is 12.6. The van der Waals surface area contributed by atoms with Gasteiger partial charge in [-0.15, -0.1) is 0 Å². The van der Waals surface area contributed by atoms with Gasteiger partial charge in [-0.05, 0) is 31.5 Å². The smallest absolute Gasteiger partial charge is 0.326 e. The number of hydrogen-bond acceptors (Lipinski definition) is 5. The molecule has 3 aromatic rings. The number of carbonyl (C=O) groups is 2. The molecule has 8 nitrogen and oxygen atoms in total. The van der Waals surface area contributed by atoms with Gasteiger partial charge in [-0.2, -0.15) is 4.99 Å². The van der Waals surface area contributed by atoms with E-state index in [1.54, 1.807) is 37.3 Å². The van der Waals surface area contributed by atoms with Gasteiger partial charge in [0.25, 0.3) is 11.6 Å². The third-order valence-electron chi connectivity index (χ3n) is 4.30. The maximum Gasteiger partial charge on any atom is 0.326 e. The molecule has 28 heavy (non-hydrogen) atoms. The second-order valence-electron chi connectivity index (χ2n) is 6.21. The van der Waals surface area contributed by atoms with Gasteiger partial charge < -0.3 is 9.67 Å². The van der Waals surface area contributed by atoms with E-state index in [1.165, 1.54) is 16.7 Å². The van der Waals surface area contributed by atoms with Gasteiger partial charge in [0.15, 0.2) is 4.80 Å². The minimum atomic E-state index is -1.10. The number of aryl methyl sites for hydroxylation is 1. The van der Waals surface area contributed by atoms with E-state index in [1.807, 2.05) is 6.92 Å². The predicted molar refractivity (Wildman–Crippen MR) is 105 cm³/mol. The van der Waals surface area contributed by atoms with Gasteiger partial charge in [0.1, 0.15) is 6.04 Å². The Morgan fingerprint density at radius 3 is 2.50 bits per heavy atom. The third-order valence-corrected chi connectivity index (χ3v) is 5.34. The van der Waals surface area contributed by atoms with Crippen LogP contribution < -0.4 is 4.80 Å². The Hall–Kier alpha value is -3.33. The van der Waals surface area contributed by atoms with Crippen LogP contribution in [0.5, 0.6) is 0 Å². The molecule has 0 aliphatic carbocycles. The van der Waals surface area contributed by atoms with Gasteiger partial charge in [-0.25, -0.2) is 4.79 Å². The van der Waals surface area contributed by atoms with Crippen molar-refractivity contribution in [3.8, 4) is 0 Å². The zero-order valence-corrected chi connectivity index (χ0v) is 16.0. The lowest BCUT2D eigenvalue weighted by Crippen LogP contribution is -2.27. The third kappa shape index (κ3) is 3.70. The minimum absolute atomic E-state index is 0.157. The van der Waals surface area contributed by atoms with Crippen LogP contribution in [0.3, 0.4) is 0 Å². The number of rotatable bonds is 5. The second kappa shape index (κ2) is 7.73. The van der Waals surface area contributed by atoms with Gasteiger partial charge in [0.05, 0.1) is 15.1 Å². The molecule has 144 valence electrons. The molecular weight excluding hydrogens is 382 g/mol. The topological polar surface area (TPSA) is 115 Å². The summed E-state index contributed by atoms with van der Waals surface area (Å²) in [7, 11) is 0. The van der Waals surface area contributed by atoms with Crippen LogP contribution in [-0.4, -0.2) is 26.5 Å². The van der Waals surface area contributed by atoms with Gasteiger partial charge in [0, 0.05) is 17.7 Å². The minimum Gasteiger partial charge on any atom is -0.480 e. The first-order valence-electron chi connectivity index (χ1n) is 8.49. The summed E-state index contributed by atoms with van der Waals surface area (Å²) in [4.78, 5) is 39.3. The van der Waals surface area contributed by atoms with Crippen molar-refractivity contribution in [3.05, 3.63) is 68.5 Å². The van der Waals surface area contributed by atoms with E-state index in [4.69, 9.17) is 0 Å². The summed E-state index contributed by atoms with van der Waals surface area (Å²) in [5, 5.41) is 20.7. The Morgan fingerprint density at radius 1 is 1.25 bits per heavy atom. The normalized spacial score (nSPS) is 12.9. The van der Waals surface area contributed by atoms with Crippen molar-refractivity contribution in [3.63, 3.8) is 0 Å².